The van der Waals surface area contributed by atoms with Crippen LogP contribution in [-0.2, 0) is 28.7 Å². The van der Waals surface area contributed by atoms with Gasteiger partial charge in [-0.05, 0) is 12.8 Å². The van der Waals surface area contributed by atoms with Crippen LogP contribution in [0.1, 0.15) is 194 Å². The first kappa shape index (κ1) is 55.7. The van der Waals surface area contributed by atoms with Crippen LogP contribution in [0, 0.1) is 0 Å². The molecule has 1 heterocycles. The molecule has 0 saturated carbocycles. The number of hydrogen-bond donors (Lipinski definition) is 1. The Labute approximate surface area is 367 Å². The van der Waals surface area contributed by atoms with Gasteiger partial charge in [-0.25, -0.2) is 0 Å². The van der Waals surface area contributed by atoms with E-state index in [1.807, 2.05) is 14.7 Å². The van der Waals surface area contributed by atoms with Crippen molar-refractivity contribution in [2.24, 2.45) is 0 Å². The molecule has 352 valence electrons. The number of carbonyl (C=O) groups is 4. The van der Waals surface area contributed by atoms with Crippen molar-refractivity contribution in [2.75, 3.05) is 92.0 Å². The minimum atomic E-state index is -0.898. The normalized spacial score (nSPS) is 15.3. The van der Waals surface area contributed by atoms with Crippen molar-refractivity contribution in [3.8, 4) is 0 Å². The van der Waals surface area contributed by atoms with E-state index in [1.165, 1.54) is 154 Å². The van der Waals surface area contributed by atoms with Gasteiger partial charge in [0.25, 0.3) is 12.9 Å². The third-order valence-corrected chi connectivity index (χ3v) is 12.2. The van der Waals surface area contributed by atoms with Crippen molar-refractivity contribution in [2.45, 2.75) is 194 Å². The molecule has 1 rings (SSSR count). The topological polar surface area (TPSA) is 123 Å². The minimum absolute atomic E-state index is 0.0991. The van der Waals surface area contributed by atoms with Crippen LogP contribution in [0.25, 0.3) is 0 Å². The molecule has 1 aliphatic heterocycles. The molecular weight excluding hydrogens is 759 g/mol. The zero-order chi connectivity index (χ0) is 43.6. The SMILES string of the molecule is CCCCCCCCCCCCCCCCN(CCCCCCCCCCCCCCCC)C(=O)CN1CCN(COC=O)CCN(COC=O)CCN(CC(=O)O)CC1. The van der Waals surface area contributed by atoms with Gasteiger partial charge in [0.1, 0.15) is 13.5 Å². The van der Waals surface area contributed by atoms with Gasteiger partial charge in [-0.1, -0.05) is 181 Å². The molecule has 0 aromatic carbocycles. The van der Waals surface area contributed by atoms with Crippen LogP contribution in [0.3, 0.4) is 0 Å². The van der Waals surface area contributed by atoms with E-state index in [2.05, 4.69) is 23.6 Å². The van der Waals surface area contributed by atoms with Crippen LogP contribution in [0.2, 0.25) is 0 Å². The predicted molar refractivity (Wildman–Crippen MR) is 245 cm³/mol. The molecule has 1 amide bonds. The lowest BCUT2D eigenvalue weighted by Crippen LogP contribution is -2.49. The second-order valence-corrected chi connectivity index (χ2v) is 17.5. The number of unbranched alkanes of at least 4 members (excludes halogenated alkanes) is 26. The van der Waals surface area contributed by atoms with E-state index in [9.17, 15) is 24.3 Å². The van der Waals surface area contributed by atoms with Gasteiger partial charge in [-0.2, -0.15) is 0 Å². The third-order valence-electron chi connectivity index (χ3n) is 12.2. The van der Waals surface area contributed by atoms with E-state index in [0.29, 0.717) is 65.3 Å². The summed E-state index contributed by atoms with van der Waals surface area (Å²) in [6, 6.07) is 0. The summed E-state index contributed by atoms with van der Waals surface area (Å²) in [6.07, 6.45) is 36.6. The summed E-state index contributed by atoms with van der Waals surface area (Å²) in [6.45, 7) is 11.6. The Kier molecular flexibility index (Phi) is 39.1. The fourth-order valence-corrected chi connectivity index (χ4v) is 8.26. The predicted octanol–water partition coefficient (Wildman–Crippen LogP) is 9.34. The van der Waals surface area contributed by atoms with Crippen molar-refractivity contribution in [3.63, 3.8) is 0 Å². The van der Waals surface area contributed by atoms with Gasteiger partial charge < -0.3 is 19.5 Å². The number of aliphatic carboxylic acids is 1. The highest BCUT2D eigenvalue weighted by Gasteiger charge is 2.22. The van der Waals surface area contributed by atoms with E-state index >= 15 is 0 Å². The minimum Gasteiger partial charge on any atom is -0.480 e. The number of rotatable bonds is 40. The Hall–Kier alpha value is -2.28. The van der Waals surface area contributed by atoms with Gasteiger partial charge in [-0.15, -0.1) is 0 Å². The number of amides is 1. The summed E-state index contributed by atoms with van der Waals surface area (Å²) in [7, 11) is 0. The Morgan fingerprint density at radius 2 is 0.700 bits per heavy atom. The quantitative estimate of drug-likeness (QED) is 0.0469. The highest BCUT2D eigenvalue weighted by molar-refractivity contribution is 5.78. The van der Waals surface area contributed by atoms with Crippen LogP contribution in [-0.4, -0.2) is 146 Å². The molecule has 0 atom stereocenters. The van der Waals surface area contributed by atoms with Gasteiger partial charge in [0.05, 0.1) is 13.1 Å². The monoisotopic (exact) mass is 852 g/mol. The largest absolute Gasteiger partial charge is 0.480 e. The van der Waals surface area contributed by atoms with Crippen LogP contribution in [0.4, 0.5) is 0 Å². The van der Waals surface area contributed by atoms with E-state index in [-0.39, 0.29) is 32.5 Å². The van der Waals surface area contributed by atoms with Crippen LogP contribution in [0.15, 0.2) is 0 Å². The Morgan fingerprint density at radius 1 is 0.433 bits per heavy atom. The lowest BCUT2D eigenvalue weighted by atomic mass is 10.0. The summed E-state index contributed by atoms with van der Waals surface area (Å²) in [5, 5.41) is 9.66. The summed E-state index contributed by atoms with van der Waals surface area (Å²) in [5.41, 5.74) is 0. The molecule has 0 aliphatic carbocycles. The molecular formula is C48H93N5O7. The zero-order valence-corrected chi connectivity index (χ0v) is 39.0. The first-order valence-electron chi connectivity index (χ1n) is 24.9. The average molecular weight is 852 g/mol. The molecule has 0 radical (unpaired) electrons. The molecule has 1 saturated heterocycles. The smallest absolute Gasteiger partial charge is 0.317 e. The van der Waals surface area contributed by atoms with Gasteiger partial charge in [0.2, 0.25) is 5.91 Å². The molecule has 1 aliphatic rings. The number of nitrogens with zero attached hydrogens (tertiary/aromatic N) is 5. The van der Waals surface area contributed by atoms with Crippen LogP contribution < -0.4 is 0 Å². The Morgan fingerprint density at radius 3 is 0.983 bits per heavy atom. The second-order valence-electron chi connectivity index (χ2n) is 17.5. The van der Waals surface area contributed by atoms with Gasteiger partial charge in [-0.3, -0.25) is 38.8 Å². The summed E-state index contributed by atoms with van der Waals surface area (Å²) in [4.78, 5) is 58.0. The first-order valence-corrected chi connectivity index (χ1v) is 24.9. The number of carboxylic acids is 1. The second kappa shape index (κ2) is 42.0. The van der Waals surface area contributed by atoms with E-state index < -0.39 is 5.97 Å². The van der Waals surface area contributed by atoms with E-state index in [4.69, 9.17) is 9.47 Å². The maximum absolute atomic E-state index is 14.1. The molecule has 0 aromatic heterocycles. The molecule has 0 bridgehead atoms. The van der Waals surface area contributed by atoms with Gasteiger partial charge in [0.15, 0.2) is 0 Å². The number of carboxylic acid groups (broad SMARTS) is 1. The Balaban J connectivity index is 2.74. The first-order chi connectivity index (χ1) is 29.4. The van der Waals surface area contributed by atoms with Crippen LogP contribution >= 0.6 is 0 Å². The van der Waals surface area contributed by atoms with Crippen molar-refractivity contribution in [1.82, 2.24) is 24.5 Å². The van der Waals surface area contributed by atoms with Crippen molar-refractivity contribution < 1.29 is 33.8 Å². The Bertz CT molecular complexity index is 976. The number of ether oxygens (including phenoxy) is 2. The van der Waals surface area contributed by atoms with Crippen molar-refractivity contribution in [1.29, 1.82) is 0 Å². The molecule has 12 heteroatoms. The fourth-order valence-electron chi connectivity index (χ4n) is 8.26. The molecule has 60 heavy (non-hydrogen) atoms. The molecule has 12 nitrogen and oxygen atoms in total. The lowest BCUT2D eigenvalue weighted by Gasteiger charge is -2.34. The lowest BCUT2D eigenvalue weighted by molar-refractivity contribution is -0.139. The molecule has 0 aromatic rings. The number of hydrogen-bond acceptors (Lipinski definition) is 10. The summed E-state index contributed by atoms with van der Waals surface area (Å²) in [5.74, 6) is -0.755. The van der Waals surface area contributed by atoms with Crippen molar-refractivity contribution in [3.05, 3.63) is 0 Å². The highest BCUT2D eigenvalue weighted by Crippen LogP contribution is 2.16. The summed E-state index contributed by atoms with van der Waals surface area (Å²) >= 11 is 0. The molecule has 0 unspecified atom stereocenters. The summed E-state index contributed by atoms with van der Waals surface area (Å²) < 4.78 is 10.2. The van der Waals surface area contributed by atoms with Crippen molar-refractivity contribution >= 4 is 24.8 Å². The standard InChI is InChI=1S/C48H93N5O7/c1-3-5-7-9-11-13-15-17-19-21-23-25-27-29-31-53(32-30-28-26-24-22-20-18-16-14-12-10-8-6-4-2)47(56)41-49-33-34-50(42-48(57)58)36-38-52(44-60-46-55)40-39-51(37-35-49)43-59-45-54/h45-46H,3-44H2,1-2H3,(H,57,58). The van der Waals surface area contributed by atoms with E-state index in [0.717, 1.165) is 38.8 Å². The third kappa shape index (κ3) is 34.3. The molecule has 1 fully saturated rings. The van der Waals surface area contributed by atoms with Gasteiger partial charge in [0, 0.05) is 65.4 Å². The fraction of sp³-hybridized carbons (Fsp3) is 0.917. The average Bonchev–Trinajstić information content (AvgIpc) is 3.24. The van der Waals surface area contributed by atoms with E-state index in [1.54, 1.807) is 0 Å². The number of carbonyl (C=O) groups excluding carboxylic acids is 3. The maximum atomic E-state index is 14.1. The van der Waals surface area contributed by atoms with Crippen LogP contribution in [0.5, 0.6) is 0 Å². The molecule has 1 N–H and O–H groups in total. The highest BCUT2D eigenvalue weighted by atomic mass is 16.5. The molecule has 0 spiro atoms. The maximum Gasteiger partial charge on any atom is 0.317 e. The van der Waals surface area contributed by atoms with Gasteiger partial charge >= 0.3 is 5.97 Å². The zero-order valence-electron chi connectivity index (χ0n) is 39.0.